The van der Waals surface area contributed by atoms with E-state index in [4.69, 9.17) is 14.2 Å². The summed E-state index contributed by atoms with van der Waals surface area (Å²) in [5, 5.41) is 0. The van der Waals surface area contributed by atoms with E-state index in [1.165, 1.54) is 4.90 Å². The molecule has 0 aliphatic carbocycles. The molecule has 0 radical (unpaired) electrons. The SMILES string of the molecule is CCC(CCCC1(C)OCCO1)C(=O)N1CCOC1=O. The van der Waals surface area contributed by atoms with E-state index < -0.39 is 11.9 Å². The van der Waals surface area contributed by atoms with Crippen molar-refractivity contribution in [1.82, 2.24) is 4.90 Å². The zero-order chi connectivity index (χ0) is 14.6. The molecule has 0 saturated carbocycles. The lowest BCUT2D eigenvalue weighted by Crippen LogP contribution is -2.37. The Hall–Kier alpha value is -1.14. The van der Waals surface area contributed by atoms with Crippen molar-refractivity contribution in [2.45, 2.75) is 45.3 Å². The van der Waals surface area contributed by atoms with Gasteiger partial charge in [-0.1, -0.05) is 6.92 Å². The van der Waals surface area contributed by atoms with Crippen molar-refractivity contribution < 1.29 is 23.8 Å². The molecular weight excluding hydrogens is 262 g/mol. The van der Waals surface area contributed by atoms with Crippen molar-refractivity contribution >= 4 is 12.0 Å². The standard InChI is InChI=1S/C14H23NO5/c1-3-11(12(16)15-7-8-18-13(15)17)5-4-6-14(2)19-9-10-20-14/h11H,3-10H2,1-2H3. The van der Waals surface area contributed by atoms with Crippen LogP contribution >= 0.6 is 0 Å². The van der Waals surface area contributed by atoms with Gasteiger partial charge in [-0.05, 0) is 26.2 Å². The first-order valence-corrected chi connectivity index (χ1v) is 7.32. The number of carbonyl (C=O) groups excluding carboxylic acids is 2. The fraction of sp³-hybridized carbons (Fsp3) is 0.857. The molecular formula is C14H23NO5. The molecule has 2 rings (SSSR count). The van der Waals surface area contributed by atoms with Crippen LogP contribution in [-0.4, -0.2) is 49.1 Å². The van der Waals surface area contributed by atoms with Crippen LogP contribution in [0.5, 0.6) is 0 Å². The van der Waals surface area contributed by atoms with Crippen LogP contribution in [0, 0.1) is 5.92 Å². The van der Waals surface area contributed by atoms with E-state index >= 15 is 0 Å². The Morgan fingerprint density at radius 3 is 2.60 bits per heavy atom. The first kappa shape index (κ1) is 15.3. The van der Waals surface area contributed by atoms with Crippen LogP contribution in [0.3, 0.4) is 0 Å². The molecule has 0 aromatic rings. The van der Waals surface area contributed by atoms with Gasteiger partial charge in [0, 0.05) is 12.3 Å². The smallest absolute Gasteiger partial charge is 0.416 e. The number of rotatable bonds is 6. The van der Waals surface area contributed by atoms with Crippen LogP contribution in [0.15, 0.2) is 0 Å². The van der Waals surface area contributed by atoms with Gasteiger partial charge in [0.1, 0.15) is 6.61 Å². The second-order valence-corrected chi connectivity index (χ2v) is 5.43. The van der Waals surface area contributed by atoms with Gasteiger partial charge >= 0.3 is 6.09 Å². The van der Waals surface area contributed by atoms with Gasteiger partial charge in [0.25, 0.3) is 0 Å². The lowest BCUT2D eigenvalue weighted by Gasteiger charge is -2.24. The highest BCUT2D eigenvalue weighted by atomic mass is 16.7. The summed E-state index contributed by atoms with van der Waals surface area (Å²) in [4.78, 5) is 24.9. The summed E-state index contributed by atoms with van der Waals surface area (Å²) < 4.78 is 15.9. The maximum atomic E-state index is 12.3. The maximum absolute atomic E-state index is 12.3. The highest BCUT2D eigenvalue weighted by Crippen LogP contribution is 2.27. The summed E-state index contributed by atoms with van der Waals surface area (Å²) in [6.45, 7) is 5.84. The highest BCUT2D eigenvalue weighted by Gasteiger charge is 2.34. The largest absolute Gasteiger partial charge is 0.447 e. The van der Waals surface area contributed by atoms with Crippen molar-refractivity contribution in [2.75, 3.05) is 26.4 Å². The Labute approximate surface area is 119 Å². The number of carbonyl (C=O) groups is 2. The average molecular weight is 285 g/mol. The lowest BCUT2D eigenvalue weighted by molar-refractivity contribution is -0.149. The molecule has 2 aliphatic heterocycles. The molecule has 2 saturated heterocycles. The Balaban J connectivity index is 1.79. The van der Waals surface area contributed by atoms with Crippen LogP contribution in [0.2, 0.25) is 0 Å². The van der Waals surface area contributed by atoms with Crippen LogP contribution in [0.4, 0.5) is 4.79 Å². The third-order valence-corrected chi connectivity index (χ3v) is 3.95. The molecule has 1 atom stereocenters. The molecule has 6 nitrogen and oxygen atoms in total. The molecule has 2 aliphatic rings. The predicted octanol–water partition coefficient (Wildman–Crippen LogP) is 1.92. The summed E-state index contributed by atoms with van der Waals surface area (Å²) >= 11 is 0. The van der Waals surface area contributed by atoms with Crippen molar-refractivity contribution in [1.29, 1.82) is 0 Å². The summed E-state index contributed by atoms with van der Waals surface area (Å²) in [7, 11) is 0. The molecule has 2 amide bonds. The molecule has 1 unspecified atom stereocenters. The summed E-state index contributed by atoms with van der Waals surface area (Å²) in [6.07, 6.45) is 2.55. The number of hydrogen-bond donors (Lipinski definition) is 0. The molecule has 0 aromatic carbocycles. The minimum absolute atomic E-state index is 0.117. The molecule has 2 fully saturated rings. The van der Waals surface area contributed by atoms with Gasteiger partial charge in [0.15, 0.2) is 5.79 Å². The first-order valence-electron chi connectivity index (χ1n) is 7.32. The van der Waals surface area contributed by atoms with Gasteiger partial charge < -0.3 is 14.2 Å². The third kappa shape index (κ3) is 3.49. The molecule has 2 heterocycles. The van der Waals surface area contributed by atoms with Crippen LogP contribution in [-0.2, 0) is 19.0 Å². The molecule has 0 N–H and O–H groups in total. The number of hydrogen-bond acceptors (Lipinski definition) is 5. The van der Waals surface area contributed by atoms with E-state index in [2.05, 4.69) is 0 Å². The third-order valence-electron chi connectivity index (χ3n) is 3.95. The quantitative estimate of drug-likeness (QED) is 0.746. The molecule has 0 spiro atoms. The molecule has 0 aromatic heterocycles. The highest BCUT2D eigenvalue weighted by molar-refractivity contribution is 5.94. The van der Waals surface area contributed by atoms with E-state index in [0.717, 1.165) is 25.7 Å². The lowest BCUT2D eigenvalue weighted by atomic mass is 9.96. The van der Waals surface area contributed by atoms with Gasteiger partial charge in [-0.25, -0.2) is 9.69 Å². The zero-order valence-electron chi connectivity index (χ0n) is 12.2. The molecule has 0 bridgehead atoms. The normalized spacial score (nSPS) is 22.9. The fourth-order valence-corrected chi connectivity index (χ4v) is 2.69. The number of imide groups is 1. The Morgan fingerprint density at radius 1 is 1.35 bits per heavy atom. The van der Waals surface area contributed by atoms with Crippen LogP contribution < -0.4 is 0 Å². The van der Waals surface area contributed by atoms with E-state index in [9.17, 15) is 9.59 Å². The molecule has 20 heavy (non-hydrogen) atoms. The van der Waals surface area contributed by atoms with E-state index in [0.29, 0.717) is 26.4 Å². The van der Waals surface area contributed by atoms with Crippen molar-refractivity contribution in [3.05, 3.63) is 0 Å². The first-order chi connectivity index (χ1) is 9.56. The molecule has 114 valence electrons. The van der Waals surface area contributed by atoms with Crippen molar-refractivity contribution in [3.63, 3.8) is 0 Å². The van der Waals surface area contributed by atoms with Gasteiger partial charge in [-0.3, -0.25) is 4.79 Å². The van der Waals surface area contributed by atoms with Gasteiger partial charge in [-0.15, -0.1) is 0 Å². The van der Waals surface area contributed by atoms with Crippen LogP contribution in [0.1, 0.15) is 39.5 Å². The topological polar surface area (TPSA) is 65.1 Å². The predicted molar refractivity (Wildman–Crippen MR) is 71.0 cm³/mol. The Kier molecular flexibility index (Phi) is 4.99. The van der Waals surface area contributed by atoms with Gasteiger partial charge in [0.2, 0.25) is 5.91 Å². The monoisotopic (exact) mass is 285 g/mol. The summed E-state index contributed by atoms with van der Waals surface area (Å²) in [5.41, 5.74) is 0. The number of nitrogens with zero attached hydrogens (tertiary/aromatic N) is 1. The van der Waals surface area contributed by atoms with E-state index in [1.807, 2.05) is 13.8 Å². The minimum atomic E-state index is -0.511. The van der Waals surface area contributed by atoms with Crippen LogP contribution in [0.25, 0.3) is 0 Å². The average Bonchev–Trinajstić information content (AvgIpc) is 3.03. The summed E-state index contributed by atoms with van der Waals surface area (Å²) in [5.74, 6) is -0.757. The Morgan fingerprint density at radius 2 is 2.05 bits per heavy atom. The van der Waals surface area contributed by atoms with Crippen molar-refractivity contribution in [3.8, 4) is 0 Å². The van der Waals surface area contributed by atoms with Crippen molar-refractivity contribution in [2.24, 2.45) is 5.92 Å². The number of amides is 2. The summed E-state index contributed by atoms with van der Waals surface area (Å²) in [6, 6.07) is 0. The number of cyclic esters (lactones) is 1. The fourth-order valence-electron chi connectivity index (χ4n) is 2.69. The van der Waals surface area contributed by atoms with E-state index in [1.54, 1.807) is 0 Å². The van der Waals surface area contributed by atoms with E-state index in [-0.39, 0.29) is 11.8 Å². The second kappa shape index (κ2) is 6.54. The Bertz CT molecular complexity index is 365. The number of ether oxygens (including phenoxy) is 3. The second-order valence-electron chi connectivity index (χ2n) is 5.43. The minimum Gasteiger partial charge on any atom is -0.447 e. The maximum Gasteiger partial charge on any atom is 0.416 e. The molecule has 6 heteroatoms. The van der Waals surface area contributed by atoms with Gasteiger partial charge in [-0.2, -0.15) is 0 Å². The zero-order valence-corrected chi connectivity index (χ0v) is 12.2. The van der Waals surface area contributed by atoms with Gasteiger partial charge in [0.05, 0.1) is 19.8 Å².